The molecule has 1 aromatic rings. The molecule has 0 saturated heterocycles. The quantitative estimate of drug-likeness (QED) is 0.874. The second-order valence-corrected chi connectivity index (χ2v) is 3.35. The van der Waals surface area contributed by atoms with Crippen molar-refractivity contribution in [3.05, 3.63) is 29.8 Å². The Balaban J connectivity index is 2.66. The van der Waals surface area contributed by atoms with Crippen LogP contribution in [0.4, 0.5) is 0 Å². The van der Waals surface area contributed by atoms with Gasteiger partial charge in [-0.3, -0.25) is 0 Å². The first kappa shape index (κ1) is 3.51. The number of aliphatic hydroxyl groups excluding tert-OH is 1. The number of fused-ring (bicyclic) bond motifs is 1. The van der Waals surface area contributed by atoms with E-state index < -0.39 is 74.0 Å². The van der Waals surface area contributed by atoms with Crippen LogP contribution in [-0.4, -0.2) is 18.0 Å². The molecule has 1 aliphatic rings. The van der Waals surface area contributed by atoms with Gasteiger partial charge in [-0.1, -0.05) is 38.8 Å². The molecule has 0 aromatic heterocycles. The molecule has 1 heterocycles. The summed E-state index contributed by atoms with van der Waals surface area (Å²) in [5.74, 6) is -1.05. The summed E-state index contributed by atoms with van der Waals surface area (Å²) in [6, 6.07) is -2.05. The Bertz CT molecular complexity index is 860. The first-order chi connectivity index (χ1) is 13.7. The van der Waals surface area contributed by atoms with Crippen LogP contribution in [0.25, 0.3) is 6.08 Å². The van der Waals surface area contributed by atoms with Gasteiger partial charge < -0.3 is 14.6 Å². The molecule has 92 valence electrons. The Morgan fingerprint density at radius 1 is 1.47 bits per heavy atom. The van der Waals surface area contributed by atoms with Crippen LogP contribution in [0, 0.1) is 5.41 Å². The number of rotatable bonds is 2. The second-order valence-electron chi connectivity index (χ2n) is 3.35. The SMILES string of the molecule is [2H]c1c([2H])c2c(c([2H])c1/C=C/C(O)C(C([2H])([2H])[2H])(C([2H])([2H])[2H])C([2H])([2H])[2H])OC([2H])([2H])O2. The lowest BCUT2D eigenvalue weighted by atomic mass is 9.89. The average molecular weight is 248 g/mol. The van der Waals surface area contributed by atoms with Gasteiger partial charge in [0.25, 0.3) is 0 Å². The Morgan fingerprint density at radius 3 is 3.00 bits per heavy atom. The van der Waals surface area contributed by atoms with Crippen molar-refractivity contribution < 1.29 is 33.8 Å². The Kier molecular flexibility index (Phi) is 0.912. The lowest BCUT2D eigenvalue weighted by Gasteiger charge is -2.22. The van der Waals surface area contributed by atoms with E-state index in [0.29, 0.717) is 6.08 Å². The molecule has 0 bridgehead atoms. The van der Waals surface area contributed by atoms with Crippen molar-refractivity contribution in [2.45, 2.75) is 26.7 Å². The second kappa shape index (κ2) is 4.41. The van der Waals surface area contributed by atoms with E-state index in [1.54, 1.807) is 0 Å². The number of benzene rings is 1. The molecule has 0 saturated carbocycles. The molecule has 2 rings (SSSR count). The Morgan fingerprint density at radius 2 is 2.24 bits per heavy atom. The van der Waals surface area contributed by atoms with Gasteiger partial charge in [-0.2, -0.15) is 0 Å². The van der Waals surface area contributed by atoms with Crippen molar-refractivity contribution >= 4 is 6.08 Å². The maximum absolute atomic E-state index is 10.5. The van der Waals surface area contributed by atoms with Gasteiger partial charge in [0, 0.05) is 12.3 Å². The Hall–Kier alpha value is -1.48. The van der Waals surface area contributed by atoms with Crippen molar-refractivity contribution in [2.24, 2.45) is 5.41 Å². The maximum Gasteiger partial charge on any atom is 0.231 e. The van der Waals surface area contributed by atoms with Crippen molar-refractivity contribution in [3.8, 4) is 11.5 Å². The lowest BCUT2D eigenvalue weighted by Crippen LogP contribution is -2.23. The van der Waals surface area contributed by atoms with Crippen LogP contribution < -0.4 is 9.47 Å². The van der Waals surface area contributed by atoms with Gasteiger partial charge in [-0.25, -0.2) is 0 Å². The van der Waals surface area contributed by atoms with E-state index in [0.717, 1.165) is 6.08 Å². The number of aliphatic hydroxyl groups is 1. The molecule has 17 heavy (non-hydrogen) atoms. The van der Waals surface area contributed by atoms with E-state index >= 15 is 0 Å². The lowest BCUT2D eigenvalue weighted by molar-refractivity contribution is 0.106. The zero-order valence-electron chi connectivity index (χ0n) is 22.5. The van der Waals surface area contributed by atoms with E-state index in [2.05, 4.69) is 0 Å². The molecule has 0 fully saturated rings. The molecule has 3 nitrogen and oxygen atoms in total. The molecule has 1 aliphatic heterocycles. The van der Waals surface area contributed by atoms with Gasteiger partial charge in [0.2, 0.25) is 6.75 Å². The predicted molar refractivity (Wildman–Crippen MR) is 67.1 cm³/mol. The summed E-state index contributed by atoms with van der Waals surface area (Å²) in [7, 11) is 0. The van der Waals surface area contributed by atoms with Crippen molar-refractivity contribution in [2.75, 3.05) is 6.75 Å². The molecular weight excluding hydrogens is 216 g/mol. The zero-order chi connectivity index (χ0) is 24.4. The first-order valence-electron chi connectivity index (χ1n) is 11.6. The third-order valence-corrected chi connectivity index (χ3v) is 1.94. The summed E-state index contributed by atoms with van der Waals surface area (Å²) in [6.45, 7) is -13.7. The van der Waals surface area contributed by atoms with Crippen LogP contribution in [0.5, 0.6) is 11.5 Å². The van der Waals surface area contributed by atoms with Crippen LogP contribution in [0.2, 0.25) is 0 Å². The topological polar surface area (TPSA) is 38.7 Å². The van der Waals surface area contributed by atoms with Crippen molar-refractivity contribution in [1.29, 1.82) is 0 Å². The van der Waals surface area contributed by atoms with Crippen LogP contribution in [-0.2, 0) is 0 Å². The molecular formula is C14H18O3. The fourth-order valence-electron chi connectivity index (χ4n) is 1.05. The summed E-state index contributed by atoms with van der Waals surface area (Å²) in [6.07, 6.45) is -1.37. The third kappa shape index (κ3) is 2.80. The van der Waals surface area contributed by atoms with Gasteiger partial charge in [0.05, 0.1) is 10.2 Å². The van der Waals surface area contributed by atoms with Crippen LogP contribution in [0.1, 0.15) is 45.3 Å². The Labute approximate surface area is 121 Å². The standard InChI is InChI=1S/C14H18O3/c1-14(2,3)13(15)7-5-10-4-6-11-12(8-10)17-9-16-11/h4-8,13,15H,9H2,1-3H3/b7-5+/i1D3,2D3,3D3,4D,6D,8D,9D2. The van der Waals surface area contributed by atoms with Gasteiger partial charge >= 0.3 is 0 Å². The summed E-state index contributed by atoms with van der Waals surface area (Å²) in [4.78, 5) is 0. The van der Waals surface area contributed by atoms with Crippen molar-refractivity contribution in [3.63, 3.8) is 0 Å². The highest BCUT2D eigenvalue weighted by Crippen LogP contribution is 2.33. The molecule has 1 aromatic carbocycles. The monoisotopic (exact) mass is 248 g/mol. The fraction of sp³-hybridized carbons (Fsp3) is 0.429. The van der Waals surface area contributed by atoms with Gasteiger partial charge in [-0.05, 0) is 23.1 Å². The maximum atomic E-state index is 10.5. The van der Waals surface area contributed by atoms with E-state index in [9.17, 15) is 5.11 Å². The van der Waals surface area contributed by atoms with Crippen LogP contribution >= 0.6 is 0 Å². The molecule has 0 spiro atoms. The summed E-state index contributed by atoms with van der Waals surface area (Å²) < 4.78 is 116. The molecule has 0 aliphatic carbocycles. The smallest absolute Gasteiger partial charge is 0.231 e. The number of hydrogen-bond donors (Lipinski definition) is 1. The van der Waals surface area contributed by atoms with E-state index in [-0.39, 0.29) is 0 Å². The molecule has 0 radical (unpaired) electrons. The molecule has 1 unspecified atom stereocenters. The average Bonchev–Trinajstić information content (AvgIpc) is 2.85. The van der Waals surface area contributed by atoms with E-state index in [1.165, 1.54) is 0 Å². The van der Waals surface area contributed by atoms with Crippen LogP contribution in [0.15, 0.2) is 24.2 Å². The highest BCUT2D eigenvalue weighted by molar-refractivity contribution is 5.56. The molecule has 3 heteroatoms. The zero-order valence-corrected chi connectivity index (χ0v) is 8.50. The van der Waals surface area contributed by atoms with E-state index in [4.69, 9.17) is 28.7 Å². The first-order valence-corrected chi connectivity index (χ1v) is 4.57. The van der Waals surface area contributed by atoms with Gasteiger partial charge in [-0.15, -0.1) is 0 Å². The molecule has 1 atom stereocenters. The molecule has 1 N–H and O–H groups in total. The minimum Gasteiger partial charge on any atom is -0.454 e. The molecule has 0 amide bonds. The van der Waals surface area contributed by atoms with Gasteiger partial charge in [0.15, 0.2) is 11.5 Å². The normalized spacial score (nSPS) is 33.7. The summed E-state index contributed by atoms with van der Waals surface area (Å²) >= 11 is 0. The summed E-state index contributed by atoms with van der Waals surface area (Å²) in [5, 5.41) is 10.5. The highest BCUT2D eigenvalue weighted by Gasteiger charge is 2.19. The minimum absolute atomic E-state index is 0.473. The van der Waals surface area contributed by atoms with Gasteiger partial charge in [0.1, 0.15) is 2.74 Å². The van der Waals surface area contributed by atoms with Crippen LogP contribution in [0.3, 0.4) is 0 Å². The largest absolute Gasteiger partial charge is 0.454 e. The highest BCUT2D eigenvalue weighted by atomic mass is 16.7. The minimum atomic E-state index is -3.67. The van der Waals surface area contributed by atoms with Crippen molar-refractivity contribution in [1.82, 2.24) is 0 Å². The summed E-state index contributed by atoms with van der Waals surface area (Å²) in [5.41, 5.74) is -4.06. The predicted octanol–water partition coefficient (Wildman–Crippen LogP) is 2.84. The van der Waals surface area contributed by atoms with E-state index in [1.807, 2.05) is 0 Å². The third-order valence-electron chi connectivity index (χ3n) is 1.94. The number of ether oxygens (including phenoxy) is 2. The number of hydrogen-bond acceptors (Lipinski definition) is 3. The fourth-order valence-corrected chi connectivity index (χ4v) is 1.05.